The summed E-state index contributed by atoms with van der Waals surface area (Å²) in [7, 11) is 3.40. The molecule has 1 saturated heterocycles. The second-order valence-electron chi connectivity index (χ2n) is 6.94. The van der Waals surface area contributed by atoms with E-state index in [0.717, 1.165) is 23.0 Å². The van der Waals surface area contributed by atoms with E-state index in [2.05, 4.69) is 16.0 Å². The van der Waals surface area contributed by atoms with E-state index < -0.39 is 5.60 Å². The van der Waals surface area contributed by atoms with Crippen LogP contribution in [0.1, 0.15) is 12.0 Å². The molecule has 1 aromatic heterocycles. The van der Waals surface area contributed by atoms with Gasteiger partial charge in [-0.15, -0.1) is 0 Å². The Labute approximate surface area is 148 Å². The van der Waals surface area contributed by atoms with Crippen LogP contribution in [0.25, 0.3) is 10.9 Å². The number of hydrogen-bond donors (Lipinski definition) is 1. The molecule has 6 heteroatoms. The maximum absolute atomic E-state index is 12.1. The molecule has 1 aromatic carbocycles. The first-order valence-electron chi connectivity index (χ1n) is 8.52. The monoisotopic (exact) mass is 343 g/mol. The highest BCUT2D eigenvalue weighted by Crippen LogP contribution is 2.22. The number of para-hydroxylation sites is 1. The molecule has 1 aliphatic heterocycles. The molecular formula is C19H25N3O3. The zero-order chi connectivity index (χ0) is 17.9. The van der Waals surface area contributed by atoms with Crippen molar-refractivity contribution in [3.63, 3.8) is 0 Å². The van der Waals surface area contributed by atoms with E-state index in [4.69, 9.17) is 4.74 Å². The minimum absolute atomic E-state index is 0.0631. The molecule has 0 saturated carbocycles. The summed E-state index contributed by atoms with van der Waals surface area (Å²) >= 11 is 0. The van der Waals surface area contributed by atoms with Crippen molar-refractivity contribution in [2.75, 3.05) is 40.4 Å². The number of pyridine rings is 1. The van der Waals surface area contributed by atoms with Crippen molar-refractivity contribution in [2.45, 2.75) is 18.6 Å². The highest BCUT2D eigenvalue weighted by Gasteiger charge is 2.35. The molecule has 0 aliphatic carbocycles. The average molecular weight is 343 g/mol. The number of aliphatic hydroxyl groups is 1. The number of rotatable bonds is 4. The van der Waals surface area contributed by atoms with Crippen molar-refractivity contribution in [1.29, 1.82) is 0 Å². The fraction of sp³-hybridized carbons (Fsp3) is 0.474. The summed E-state index contributed by atoms with van der Waals surface area (Å²) in [6.07, 6.45) is 1.88. The first-order valence-corrected chi connectivity index (χ1v) is 8.52. The van der Waals surface area contributed by atoms with Crippen LogP contribution < -0.4 is 0 Å². The molecule has 6 nitrogen and oxygen atoms in total. The quantitative estimate of drug-likeness (QED) is 0.906. The summed E-state index contributed by atoms with van der Waals surface area (Å²) in [6, 6.07) is 10.1. The summed E-state index contributed by atoms with van der Waals surface area (Å²) in [5, 5.41) is 12.0. The van der Waals surface area contributed by atoms with Gasteiger partial charge < -0.3 is 14.7 Å². The molecule has 0 unspecified atom stereocenters. The molecule has 1 fully saturated rings. The van der Waals surface area contributed by atoms with Crippen LogP contribution in [0.4, 0.5) is 0 Å². The van der Waals surface area contributed by atoms with Gasteiger partial charge in [0.25, 0.3) is 0 Å². The van der Waals surface area contributed by atoms with Crippen LogP contribution in [0.5, 0.6) is 0 Å². The minimum Gasteiger partial charge on any atom is -0.386 e. The van der Waals surface area contributed by atoms with Crippen LogP contribution in [0.2, 0.25) is 0 Å². The van der Waals surface area contributed by atoms with Gasteiger partial charge in [-0.2, -0.15) is 0 Å². The first kappa shape index (κ1) is 17.8. The molecule has 0 bridgehead atoms. The Bertz CT molecular complexity index is 744. The number of fused-ring (bicyclic) bond motifs is 1. The van der Waals surface area contributed by atoms with Crippen molar-refractivity contribution in [3.05, 3.63) is 42.1 Å². The molecule has 1 amide bonds. The molecule has 1 atom stereocenters. The second-order valence-corrected chi connectivity index (χ2v) is 6.94. The number of hydrogen-bond acceptors (Lipinski definition) is 5. The lowest BCUT2D eigenvalue weighted by molar-refractivity contribution is -0.136. The Balaban J connectivity index is 1.78. The summed E-state index contributed by atoms with van der Waals surface area (Å²) in [5.41, 5.74) is 0.957. The van der Waals surface area contributed by atoms with Crippen LogP contribution in [0.3, 0.4) is 0 Å². The predicted molar refractivity (Wildman–Crippen MR) is 96.1 cm³/mol. The lowest BCUT2D eigenvalue weighted by Gasteiger charge is -2.31. The molecule has 1 aliphatic rings. The molecule has 3 rings (SSSR count). The summed E-state index contributed by atoms with van der Waals surface area (Å²) in [4.78, 5) is 20.1. The Kier molecular flexibility index (Phi) is 5.32. The fourth-order valence-electron chi connectivity index (χ4n) is 3.21. The van der Waals surface area contributed by atoms with Crippen molar-refractivity contribution in [1.82, 2.24) is 14.8 Å². The van der Waals surface area contributed by atoms with Gasteiger partial charge >= 0.3 is 0 Å². The maximum Gasteiger partial charge on any atom is 0.225 e. The van der Waals surface area contributed by atoms with E-state index in [0.29, 0.717) is 19.7 Å². The molecule has 0 radical (unpaired) electrons. The highest BCUT2D eigenvalue weighted by atomic mass is 16.5. The van der Waals surface area contributed by atoms with Crippen molar-refractivity contribution < 1.29 is 14.6 Å². The smallest absolute Gasteiger partial charge is 0.225 e. The van der Waals surface area contributed by atoms with E-state index >= 15 is 0 Å². The van der Waals surface area contributed by atoms with Crippen molar-refractivity contribution in [3.8, 4) is 0 Å². The number of β-amino-alcohol motifs (C(OH)–C–C–N with tert-alkyl or cyclic N) is 1. The second kappa shape index (κ2) is 7.47. The molecule has 2 heterocycles. The molecular weight excluding hydrogens is 318 g/mol. The first-order chi connectivity index (χ1) is 12.0. The van der Waals surface area contributed by atoms with Gasteiger partial charge in [-0.25, -0.2) is 0 Å². The van der Waals surface area contributed by atoms with Crippen LogP contribution in [-0.2, 0) is 16.1 Å². The zero-order valence-corrected chi connectivity index (χ0v) is 14.8. The SMILES string of the molecule is CN(C)C(=O)C[C@@]1(O)COCCN(Cc2ccnc3ccccc23)C1. The van der Waals surface area contributed by atoms with Crippen LogP contribution in [0.15, 0.2) is 36.5 Å². The number of ether oxygens (including phenoxy) is 1. The van der Waals surface area contributed by atoms with Gasteiger partial charge in [0, 0.05) is 45.3 Å². The molecule has 1 N–H and O–H groups in total. The lowest BCUT2D eigenvalue weighted by Crippen LogP contribution is -2.47. The van der Waals surface area contributed by atoms with Crippen molar-refractivity contribution in [2.24, 2.45) is 0 Å². The fourth-order valence-corrected chi connectivity index (χ4v) is 3.21. The number of benzene rings is 1. The van der Waals surface area contributed by atoms with E-state index in [1.807, 2.05) is 30.5 Å². The molecule has 25 heavy (non-hydrogen) atoms. The normalized spacial score (nSPS) is 21.9. The summed E-state index contributed by atoms with van der Waals surface area (Å²) in [6.45, 7) is 2.53. The number of carbonyl (C=O) groups excluding carboxylic acids is 1. The van der Waals surface area contributed by atoms with Gasteiger partial charge in [0.1, 0.15) is 5.60 Å². The van der Waals surface area contributed by atoms with E-state index in [-0.39, 0.29) is 18.9 Å². The number of amides is 1. The average Bonchev–Trinajstić information content (AvgIpc) is 2.76. The van der Waals surface area contributed by atoms with Gasteiger partial charge in [-0.3, -0.25) is 14.7 Å². The summed E-state index contributed by atoms with van der Waals surface area (Å²) < 4.78 is 5.57. The maximum atomic E-state index is 12.1. The van der Waals surface area contributed by atoms with E-state index in [9.17, 15) is 9.90 Å². The number of carbonyl (C=O) groups is 1. The van der Waals surface area contributed by atoms with Gasteiger partial charge in [0.2, 0.25) is 5.91 Å². The van der Waals surface area contributed by atoms with Crippen LogP contribution >= 0.6 is 0 Å². The minimum atomic E-state index is -1.17. The Morgan fingerprint density at radius 1 is 1.36 bits per heavy atom. The predicted octanol–water partition coefficient (Wildman–Crippen LogP) is 1.28. The highest BCUT2D eigenvalue weighted by molar-refractivity contribution is 5.81. The zero-order valence-electron chi connectivity index (χ0n) is 14.8. The molecule has 0 spiro atoms. The van der Waals surface area contributed by atoms with Gasteiger partial charge in [0.15, 0.2) is 0 Å². The van der Waals surface area contributed by atoms with Gasteiger partial charge in [-0.05, 0) is 17.7 Å². The van der Waals surface area contributed by atoms with Crippen LogP contribution in [-0.4, -0.2) is 71.8 Å². The Hall–Kier alpha value is -2.02. The van der Waals surface area contributed by atoms with Crippen molar-refractivity contribution >= 4 is 16.8 Å². The topological polar surface area (TPSA) is 65.9 Å². The molecule has 2 aromatic rings. The number of nitrogens with zero attached hydrogens (tertiary/aromatic N) is 3. The largest absolute Gasteiger partial charge is 0.386 e. The summed E-state index contributed by atoms with van der Waals surface area (Å²) in [5.74, 6) is -0.0951. The number of aromatic nitrogens is 1. The van der Waals surface area contributed by atoms with Crippen LogP contribution in [0, 0.1) is 0 Å². The Morgan fingerprint density at radius 3 is 2.96 bits per heavy atom. The third kappa shape index (κ3) is 4.34. The van der Waals surface area contributed by atoms with E-state index in [1.165, 1.54) is 4.90 Å². The van der Waals surface area contributed by atoms with Gasteiger partial charge in [0.05, 0.1) is 25.2 Å². The van der Waals surface area contributed by atoms with E-state index in [1.54, 1.807) is 14.1 Å². The molecule has 134 valence electrons. The standard InChI is InChI=1S/C19H25N3O3/c1-21(2)18(23)11-19(24)13-22(9-10-25-14-19)12-15-7-8-20-17-6-4-3-5-16(15)17/h3-8,24H,9-14H2,1-2H3/t19-/m0/s1. The Morgan fingerprint density at radius 2 is 2.16 bits per heavy atom. The van der Waals surface area contributed by atoms with Gasteiger partial charge in [-0.1, -0.05) is 18.2 Å². The third-order valence-electron chi connectivity index (χ3n) is 4.55. The third-order valence-corrected chi connectivity index (χ3v) is 4.55. The lowest BCUT2D eigenvalue weighted by atomic mass is 9.99.